The summed E-state index contributed by atoms with van der Waals surface area (Å²) in [6.45, 7) is 0.761. The Morgan fingerprint density at radius 1 is 1.21 bits per heavy atom. The zero-order chi connectivity index (χ0) is 20.1. The molecule has 1 aliphatic rings. The van der Waals surface area contributed by atoms with Crippen molar-refractivity contribution in [2.75, 3.05) is 20.3 Å². The van der Waals surface area contributed by atoms with Crippen molar-refractivity contribution in [2.24, 2.45) is 0 Å². The molecule has 5 nitrogen and oxygen atoms in total. The number of thioether (sulfide) groups is 1. The zero-order valence-corrected chi connectivity index (χ0v) is 17.4. The number of carbonyl (C=O) groups is 2. The molecular formula is C20H17BrFNO4S. The highest BCUT2D eigenvalue weighted by molar-refractivity contribution is 9.10. The number of amides is 2. The highest BCUT2D eigenvalue weighted by Crippen LogP contribution is 2.34. The summed E-state index contributed by atoms with van der Waals surface area (Å²) in [5.74, 6) is -0.0424. The van der Waals surface area contributed by atoms with Gasteiger partial charge in [-0.15, -0.1) is 0 Å². The summed E-state index contributed by atoms with van der Waals surface area (Å²) in [5.41, 5.74) is 1.47. The average Bonchev–Trinajstić information content (AvgIpc) is 2.92. The summed E-state index contributed by atoms with van der Waals surface area (Å²) in [4.78, 5) is 25.9. The second-order valence-electron chi connectivity index (χ2n) is 5.93. The van der Waals surface area contributed by atoms with Crippen molar-refractivity contribution in [3.8, 4) is 5.75 Å². The Morgan fingerprint density at radius 2 is 2.04 bits per heavy atom. The first-order valence-electron chi connectivity index (χ1n) is 8.39. The van der Waals surface area contributed by atoms with E-state index in [1.165, 1.54) is 24.1 Å². The molecule has 0 aromatic heterocycles. The van der Waals surface area contributed by atoms with Crippen molar-refractivity contribution in [1.29, 1.82) is 0 Å². The molecule has 0 aliphatic carbocycles. The molecule has 3 rings (SSSR count). The Kier molecular flexibility index (Phi) is 6.88. The minimum Gasteiger partial charge on any atom is -0.488 e. The Bertz CT molecular complexity index is 934. The van der Waals surface area contributed by atoms with Crippen LogP contribution < -0.4 is 4.74 Å². The predicted molar refractivity (Wildman–Crippen MR) is 109 cm³/mol. The second kappa shape index (κ2) is 9.36. The summed E-state index contributed by atoms with van der Waals surface area (Å²) in [6.07, 6.45) is 1.67. The first kappa shape index (κ1) is 20.6. The van der Waals surface area contributed by atoms with Gasteiger partial charge in [-0.25, -0.2) is 4.39 Å². The third-order valence-corrected chi connectivity index (χ3v) is 5.46. The minimum atomic E-state index is -0.324. The van der Waals surface area contributed by atoms with Gasteiger partial charge in [0.1, 0.15) is 18.2 Å². The van der Waals surface area contributed by atoms with Crippen LogP contribution in [0.3, 0.4) is 0 Å². The summed E-state index contributed by atoms with van der Waals surface area (Å²) in [6, 6.07) is 11.5. The molecule has 0 radical (unpaired) electrons. The quantitative estimate of drug-likeness (QED) is 0.547. The van der Waals surface area contributed by atoms with Crippen LogP contribution in [0.2, 0.25) is 0 Å². The van der Waals surface area contributed by atoms with E-state index in [-0.39, 0.29) is 30.1 Å². The van der Waals surface area contributed by atoms with E-state index in [0.717, 1.165) is 22.9 Å². The van der Waals surface area contributed by atoms with Gasteiger partial charge in [-0.05, 0) is 69.2 Å². The van der Waals surface area contributed by atoms with Gasteiger partial charge < -0.3 is 9.47 Å². The predicted octanol–water partition coefficient (Wildman–Crippen LogP) is 4.85. The number of nitrogens with zero attached hydrogens (tertiary/aromatic N) is 1. The maximum atomic E-state index is 13.2. The molecular weight excluding hydrogens is 449 g/mol. The van der Waals surface area contributed by atoms with E-state index in [0.29, 0.717) is 21.7 Å². The van der Waals surface area contributed by atoms with Gasteiger partial charge in [0.05, 0.1) is 22.5 Å². The number of methoxy groups -OCH3 is 1. The molecule has 28 heavy (non-hydrogen) atoms. The van der Waals surface area contributed by atoms with Crippen LogP contribution in [-0.2, 0) is 16.1 Å². The van der Waals surface area contributed by atoms with Crippen molar-refractivity contribution in [3.05, 3.63) is 68.8 Å². The minimum absolute atomic E-state index is 0.230. The van der Waals surface area contributed by atoms with Crippen molar-refractivity contribution in [3.63, 3.8) is 0 Å². The fourth-order valence-corrected chi connectivity index (χ4v) is 3.91. The number of hydrogen-bond donors (Lipinski definition) is 0. The molecule has 0 saturated carbocycles. The molecule has 8 heteroatoms. The third-order valence-electron chi connectivity index (χ3n) is 3.93. The van der Waals surface area contributed by atoms with Crippen molar-refractivity contribution in [2.45, 2.75) is 6.61 Å². The first-order valence-corrected chi connectivity index (χ1v) is 10.00. The van der Waals surface area contributed by atoms with Crippen LogP contribution in [0.5, 0.6) is 5.75 Å². The maximum absolute atomic E-state index is 13.2. The van der Waals surface area contributed by atoms with Gasteiger partial charge >= 0.3 is 0 Å². The van der Waals surface area contributed by atoms with E-state index in [4.69, 9.17) is 9.47 Å². The third kappa shape index (κ3) is 5.01. The van der Waals surface area contributed by atoms with Crippen LogP contribution in [0.1, 0.15) is 11.1 Å². The Hall–Kier alpha value is -2.16. The monoisotopic (exact) mass is 465 g/mol. The van der Waals surface area contributed by atoms with Crippen molar-refractivity contribution >= 4 is 44.9 Å². The first-order chi connectivity index (χ1) is 13.5. The molecule has 0 spiro atoms. The summed E-state index contributed by atoms with van der Waals surface area (Å²) >= 11 is 4.35. The average molecular weight is 466 g/mol. The van der Waals surface area contributed by atoms with E-state index in [9.17, 15) is 14.0 Å². The van der Waals surface area contributed by atoms with Gasteiger partial charge in [0, 0.05) is 7.11 Å². The number of ether oxygens (including phenoxy) is 2. The molecule has 2 aromatic carbocycles. The Labute approximate surface area is 174 Å². The Morgan fingerprint density at radius 3 is 2.75 bits per heavy atom. The van der Waals surface area contributed by atoms with Crippen LogP contribution in [0, 0.1) is 5.82 Å². The van der Waals surface area contributed by atoms with E-state index in [1.54, 1.807) is 36.4 Å². The largest absolute Gasteiger partial charge is 0.488 e. The molecule has 1 fully saturated rings. The van der Waals surface area contributed by atoms with E-state index in [2.05, 4.69) is 15.9 Å². The lowest BCUT2D eigenvalue weighted by atomic mass is 10.2. The lowest BCUT2D eigenvalue weighted by Crippen LogP contribution is -2.31. The summed E-state index contributed by atoms with van der Waals surface area (Å²) < 4.78 is 24.6. The molecule has 0 bridgehead atoms. The van der Waals surface area contributed by atoms with Crippen LogP contribution >= 0.6 is 27.7 Å². The molecule has 2 amide bonds. The normalized spacial score (nSPS) is 15.5. The lowest BCUT2D eigenvalue weighted by Gasteiger charge is -2.11. The number of halogens is 2. The second-order valence-corrected chi connectivity index (χ2v) is 7.78. The van der Waals surface area contributed by atoms with Crippen LogP contribution in [-0.4, -0.2) is 36.3 Å². The van der Waals surface area contributed by atoms with Gasteiger partial charge in [-0.1, -0.05) is 18.2 Å². The van der Waals surface area contributed by atoms with Crippen LogP contribution in [0.15, 0.2) is 51.8 Å². The number of imide groups is 1. The highest BCUT2D eigenvalue weighted by Gasteiger charge is 2.34. The molecule has 1 saturated heterocycles. The van der Waals surface area contributed by atoms with Gasteiger partial charge in [0.15, 0.2) is 0 Å². The highest BCUT2D eigenvalue weighted by atomic mass is 79.9. The number of carbonyl (C=O) groups excluding carboxylic acids is 2. The Balaban J connectivity index is 1.69. The maximum Gasteiger partial charge on any atom is 0.293 e. The molecule has 1 heterocycles. The standard InChI is InChI=1S/C20H17BrFNO4S/c1-26-8-7-23-19(24)18(28-20(23)25)11-13-5-6-17(16(21)10-13)27-12-14-3-2-4-15(22)9-14/h2-6,9-11H,7-8,12H2,1H3/b18-11+. The molecule has 2 aromatic rings. The fraction of sp³-hybridized carbons (Fsp3) is 0.200. The van der Waals surface area contributed by atoms with Gasteiger partial charge in [-0.3, -0.25) is 14.5 Å². The van der Waals surface area contributed by atoms with Gasteiger partial charge in [0.25, 0.3) is 11.1 Å². The number of rotatable bonds is 7. The topological polar surface area (TPSA) is 55.8 Å². The van der Waals surface area contributed by atoms with Gasteiger partial charge in [-0.2, -0.15) is 0 Å². The smallest absolute Gasteiger partial charge is 0.293 e. The van der Waals surface area contributed by atoms with E-state index in [1.807, 2.05) is 0 Å². The van der Waals surface area contributed by atoms with Crippen LogP contribution in [0.25, 0.3) is 6.08 Å². The fourth-order valence-electron chi connectivity index (χ4n) is 2.54. The van der Waals surface area contributed by atoms with Crippen molar-refractivity contribution in [1.82, 2.24) is 4.90 Å². The molecule has 0 atom stereocenters. The van der Waals surface area contributed by atoms with E-state index < -0.39 is 0 Å². The van der Waals surface area contributed by atoms with Gasteiger partial charge in [0.2, 0.25) is 0 Å². The molecule has 1 aliphatic heterocycles. The summed E-state index contributed by atoms with van der Waals surface area (Å²) in [5, 5.41) is -0.303. The molecule has 0 unspecified atom stereocenters. The van der Waals surface area contributed by atoms with Crippen LogP contribution in [0.4, 0.5) is 9.18 Å². The SMILES string of the molecule is COCCN1C(=O)S/C(=C/c2ccc(OCc3cccc(F)c3)c(Br)c2)C1=O. The van der Waals surface area contributed by atoms with E-state index >= 15 is 0 Å². The summed E-state index contributed by atoms with van der Waals surface area (Å²) in [7, 11) is 1.52. The van der Waals surface area contributed by atoms with Crippen molar-refractivity contribution < 1.29 is 23.5 Å². The molecule has 146 valence electrons. The number of benzene rings is 2. The lowest BCUT2D eigenvalue weighted by molar-refractivity contribution is -0.123. The molecule has 0 N–H and O–H groups in total. The zero-order valence-electron chi connectivity index (χ0n) is 15.0. The number of hydrogen-bond acceptors (Lipinski definition) is 5.